The molecular formula is C23H25F2N3O4S. The van der Waals surface area contributed by atoms with Gasteiger partial charge < -0.3 is 10.1 Å². The van der Waals surface area contributed by atoms with Gasteiger partial charge in [0, 0.05) is 23.8 Å². The van der Waals surface area contributed by atoms with Gasteiger partial charge in [0.05, 0.1) is 6.04 Å². The lowest BCUT2D eigenvalue weighted by Gasteiger charge is -2.32. The summed E-state index contributed by atoms with van der Waals surface area (Å²) in [5.41, 5.74) is -0.105. The van der Waals surface area contributed by atoms with Crippen molar-refractivity contribution in [3.05, 3.63) is 59.4 Å². The number of nitrogens with zero attached hydrogens (tertiary/aromatic N) is 2. The quantitative estimate of drug-likeness (QED) is 0.581. The minimum atomic E-state index is -3.37. The van der Waals surface area contributed by atoms with Gasteiger partial charge in [-0.3, -0.25) is 4.79 Å². The molecule has 0 radical (unpaired) electrons. The Morgan fingerprint density at radius 2 is 1.91 bits per heavy atom. The summed E-state index contributed by atoms with van der Waals surface area (Å²) in [5, 5.41) is 3.85. The first-order valence-corrected chi connectivity index (χ1v) is 12.8. The molecule has 176 valence electrons. The number of ether oxygens (including phenoxy) is 1. The van der Waals surface area contributed by atoms with Gasteiger partial charge in [0.2, 0.25) is 11.7 Å². The van der Waals surface area contributed by atoms with Crippen LogP contribution >= 0.6 is 0 Å². The number of hydrogen-bond acceptors (Lipinski definition) is 6. The van der Waals surface area contributed by atoms with E-state index in [9.17, 15) is 22.0 Å². The van der Waals surface area contributed by atoms with Crippen LogP contribution in [0.25, 0.3) is 0 Å². The average Bonchev–Trinajstić information content (AvgIpc) is 3.57. The van der Waals surface area contributed by atoms with E-state index in [4.69, 9.17) is 4.74 Å². The number of halogens is 2. The molecule has 2 aromatic rings. The van der Waals surface area contributed by atoms with Gasteiger partial charge in [-0.25, -0.2) is 13.4 Å². The van der Waals surface area contributed by atoms with Crippen molar-refractivity contribution in [2.24, 2.45) is 11.8 Å². The summed E-state index contributed by atoms with van der Waals surface area (Å²) in [7, 11) is -3.37. The number of sulfone groups is 1. The van der Waals surface area contributed by atoms with Crippen LogP contribution in [0.1, 0.15) is 48.3 Å². The molecule has 4 rings (SSSR count). The zero-order valence-corrected chi connectivity index (χ0v) is 18.9. The molecule has 0 aliphatic heterocycles. The number of rotatable bonds is 9. The smallest absolute Gasteiger partial charge is 0.309 e. The van der Waals surface area contributed by atoms with Gasteiger partial charge in [0.25, 0.3) is 5.91 Å². The van der Waals surface area contributed by atoms with Crippen molar-refractivity contribution in [1.82, 2.24) is 15.3 Å². The average molecular weight is 478 g/mol. The van der Waals surface area contributed by atoms with Gasteiger partial charge in [-0.1, -0.05) is 30.7 Å². The van der Waals surface area contributed by atoms with E-state index in [1.807, 2.05) is 0 Å². The molecule has 1 atom stereocenters. The third-order valence-corrected chi connectivity index (χ3v) is 6.48. The predicted molar refractivity (Wildman–Crippen MR) is 118 cm³/mol. The minimum absolute atomic E-state index is 0.0878. The fourth-order valence-corrected chi connectivity index (χ4v) is 4.02. The summed E-state index contributed by atoms with van der Waals surface area (Å²) in [6, 6.07) is 7.89. The Labute approximate surface area is 191 Å². The van der Waals surface area contributed by atoms with E-state index >= 15 is 0 Å². The fraction of sp³-hybridized carbons (Fsp3) is 0.435. The summed E-state index contributed by atoms with van der Waals surface area (Å²) < 4.78 is 58.1. The zero-order chi connectivity index (χ0) is 23.6. The van der Waals surface area contributed by atoms with Crippen molar-refractivity contribution in [3.8, 4) is 11.6 Å². The predicted octanol–water partition coefficient (Wildman–Crippen LogP) is 4.23. The summed E-state index contributed by atoms with van der Waals surface area (Å²) in [4.78, 5) is 20.8. The Balaban J connectivity index is 1.64. The lowest BCUT2D eigenvalue weighted by molar-refractivity contribution is -0.0379. The number of hydrogen-bond donors (Lipinski definition) is 1. The topological polar surface area (TPSA) is 98.2 Å². The molecule has 0 saturated heterocycles. The van der Waals surface area contributed by atoms with Crippen LogP contribution in [-0.2, 0) is 15.8 Å². The number of nitrogens with one attached hydrogen (secondary N) is 1. The zero-order valence-electron chi connectivity index (χ0n) is 18.1. The molecule has 2 aliphatic rings. The standard InChI is InChI=1S/C23H25F2N3O4S/c1-33(30,31)13-12-19(15-6-5-7-15)27-20(29)18-14-26-22(23(24,25)16-10-11-16)28-21(18)32-17-8-3-2-4-9-17/h2-4,8-9,12-16,19H,5-7,10-11H2,1H3,(H,27,29)/b13-12+/t19-/m1/s1. The highest BCUT2D eigenvalue weighted by Crippen LogP contribution is 2.48. The number of benzene rings is 1. The van der Waals surface area contributed by atoms with Gasteiger partial charge in [-0.15, -0.1) is 0 Å². The molecular weight excluding hydrogens is 452 g/mol. The Morgan fingerprint density at radius 3 is 2.48 bits per heavy atom. The molecule has 10 heteroatoms. The molecule has 7 nitrogen and oxygen atoms in total. The lowest BCUT2D eigenvalue weighted by atomic mass is 9.79. The van der Waals surface area contributed by atoms with Crippen LogP contribution in [0.15, 0.2) is 48.0 Å². The molecule has 2 saturated carbocycles. The maximum absolute atomic E-state index is 14.6. The van der Waals surface area contributed by atoms with Crippen LogP contribution in [0, 0.1) is 11.8 Å². The van der Waals surface area contributed by atoms with Gasteiger partial charge in [0.15, 0.2) is 9.84 Å². The molecule has 1 aromatic carbocycles. The third kappa shape index (κ3) is 5.73. The summed E-state index contributed by atoms with van der Waals surface area (Å²) in [6.07, 6.45) is 7.02. The van der Waals surface area contributed by atoms with Crippen LogP contribution in [0.2, 0.25) is 0 Å². The molecule has 0 bridgehead atoms. The molecule has 2 aliphatic carbocycles. The van der Waals surface area contributed by atoms with Crippen molar-refractivity contribution in [2.45, 2.75) is 44.1 Å². The van der Waals surface area contributed by atoms with Crippen molar-refractivity contribution < 1.29 is 26.7 Å². The van der Waals surface area contributed by atoms with Crippen LogP contribution in [0.5, 0.6) is 11.6 Å². The monoisotopic (exact) mass is 477 g/mol. The Hall–Kier alpha value is -2.88. The fourth-order valence-electron chi connectivity index (χ4n) is 3.57. The second-order valence-corrected chi connectivity index (χ2v) is 10.5. The lowest BCUT2D eigenvalue weighted by Crippen LogP contribution is -2.42. The van der Waals surface area contributed by atoms with E-state index in [1.54, 1.807) is 30.3 Å². The highest BCUT2D eigenvalue weighted by atomic mass is 32.2. The summed E-state index contributed by atoms with van der Waals surface area (Å²) in [5.74, 6) is -5.19. The van der Waals surface area contributed by atoms with E-state index in [0.29, 0.717) is 18.6 Å². The van der Waals surface area contributed by atoms with Crippen LogP contribution in [-0.4, -0.2) is 36.6 Å². The Kier molecular flexibility index (Phi) is 6.47. The molecule has 0 spiro atoms. The van der Waals surface area contributed by atoms with Crippen LogP contribution in [0.3, 0.4) is 0 Å². The highest BCUT2D eigenvalue weighted by Gasteiger charge is 2.50. The van der Waals surface area contributed by atoms with Crippen molar-refractivity contribution in [3.63, 3.8) is 0 Å². The van der Waals surface area contributed by atoms with E-state index in [2.05, 4.69) is 15.3 Å². The van der Waals surface area contributed by atoms with E-state index in [-0.39, 0.29) is 17.4 Å². The molecule has 0 unspecified atom stereocenters. The Bertz CT molecular complexity index is 1150. The molecule has 1 N–H and O–H groups in total. The first-order valence-electron chi connectivity index (χ1n) is 10.8. The molecule has 1 aromatic heterocycles. The van der Waals surface area contributed by atoms with Crippen LogP contribution in [0.4, 0.5) is 8.78 Å². The maximum Gasteiger partial charge on any atom is 0.309 e. The molecule has 33 heavy (non-hydrogen) atoms. The Morgan fingerprint density at radius 1 is 1.21 bits per heavy atom. The van der Waals surface area contributed by atoms with Gasteiger partial charge >= 0.3 is 5.92 Å². The van der Waals surface area contributed by atoms with Gasteiger partial charge in [0.1, 0.15) is 11.3 Å². The van der Waals surface area contributed by atoms with E-state index in [1.165, 1.54) is 6.08 Å². The van der Waals surface area contributed by atoms with Gasteiger partial charge in [-0.2, -0.15) is 13.8 Å². The minimum Gasteiger partial charge on any atom is -0.438 e. The number of amides is 1. The second-order valence-electron chi connectivity index (χ2n) is 8.57. The van der Waals surface area contributed by atoms with E-state index < -0.39 is 39.5 Å². The first-order chi connectivity index (χ1) is 15.6. The SMILES string of the molecule is CS(=O)(=O)/C=C/[C@@H](NC(=O)c1cnc(C(F)(F)C2CC2)nc1Oc1ccccc1)C1CCC1. The van der Waals surface area contributed by atoms with E-state index in [0.717, 1.165) is 37.1 Å². The molecule has 1 amide bonds. The van der Waals surface area contributed by atoms with Crippen molar-refractivity contribution in [1.29, 1.82) is 0 Å². The maximum atomic E-state index is 14.6. The van der Waals surface area contributed by atoms with Crippen LogP contribution < -0.4 is 10.1 Å². The number of para-hydroxylation sites is 1. The number of alkyl halides is 2. The largest absolute Gasteiger partial charge is 0.438 e. The first kappa shape index (κ1) is 23.3. The van der Waals surface area contributed by atoms with Gasteiger partial charge in [-0.05, 0) is 43.7 Å². The number of carbonyl (C=O) groups excluding carboxylic acids is 1. The molecule has 2 fully saturated rings. The third-order valence-electron chi connectivity index (χ3n) is 5.83. The second kappa shape index (κ2) is 9.17. The number of aromatic nitrogens is 2. The van der Waals surface area contributed by atoms with Crippen molar-refractivity contribution in [2.75, 3.05) is 6.26 Å². The molecule has 1 heterocycles. The summed E-state index contributed by atoms with van der Waals surface area (Å²) >= 11 is 0. The summed E-state index contributed by atoms with van der Waals surface area (Å²) in [6.45, 7) is 0. The number of carbonyl (C=O) groups is 1. The highest BCUT2D eigenvalue weighted by molar-refractivity contribution is 7.93. The van der Waals surface area contributed by atoms with Crippen molar-refractivity contribution >= 4 is 15.7 Å². The normalized spacial score (nSPS) is 18.0.